The molecule has 0 fully saturated rings. The second-order valence-electron chi connectivity index (χ2n) is 10.5. The van der Waals surface area contributed by atoms with Gasteiger partial charge in [0.1, 0.15) is 11.5 Å². The molecular weight excluding hydrogens is 494 g/mol. The molecule has 8 nitrogen and oxygen atoms in total. The molecule has 2 N–H and O–H groups in total. The average molecular weight is 528 g/mol. The number of hydrogen-bond acceptors (Lipinski definition) is 5. The largest absolute Gasteiger partial charge is 0.497 e. The third-order valence-corrected chi connectivity index (χ3v) is 6.61. The van der Waals surface area contributed by atoms with Crippen LogP contribution in [0.4, 0.5) is 10.5 Å². The summed E-state index contributed by atoms with van der Waals surface area (Å²) in [7, 11) is 1.57. The van der Waals surface area contributed by atoms with Gasteiger partial charge in [-0.15, -0.1) is 0 Å². The number of allylic oxidation sites excluding steroid dienone is 2. The SMILES string of the molecule is COc1ccc(C2=CC=C(Oc3ccccc3C(C)(C)C)C(NC(=O)Nc3ccc(C)cc3)([N+](=O)[O-])C2)cc1. The van der Waals surface area contributed by atoms with Gasteiger partial charge in [-0.1, -0.05) is 74.9 Å². The van der Waals surface area contributed by atoms with Gasteiger partial charge in [-0.3, -0.25) is 15.4 Å². The van der Waals surface area contributed by atoms with Crippen LogP contribution in [0.15, 0.2) is 90.7 Å². The number of hydrogen-bond donors (Lipinski definition) is 2. The number of ether oxygens (including phenoxy) is 2. The van der Waals surface area contributed by atoms with E-state index in [1.165, 1.54) is 0 Å². The monoisotopic (exact) mass is 527 g/mol. The first-order valence-electron chi connectivity index (χ1n) is 12.7. The van der Waals surface area contributed by atoms with Crippen molar-refractivity contribution in [2.45, 2.75) is 45.2 Å². The molecular formula is C31H33N3O5. The van der Waals surface area contributed by atoms with Gasteiger partial charge in [0.15, 0.2) is 0 Å². The Balaban J connectivity index is 1.75. The van der Waals surface area contributed by atoms with E-state index in [0.717, 1.165) is 16.7 Å². The third kappa shape index (κ3) is 6.12. The Morgan fingerprint density at radius 3 is 2.26 bits per heavy atom. The lowest BCUT2D eigenvalue weighted by Crippen LogP contribution is -2.58. The predicted octanol–water partition coefficient (Wildman–Crippen LogP) is 6.85. The first-order chi connectivity index (χ1) is 18.5. The lowest BCUT2D eigenvalue weighted by atomic mass is 9.86. The van der Waals surface area contributed by atoms with Crippen molar-refractivity contribution in [2.75, 3.05) is 12.4 Å². The van der Waals surface area contributed by atoms with Crippen molar-refractivity contribution in [2.24, 2.45) is 0 Å². The van der Waals surface area contributed by atoms with Crippen molar-refractivity contribution < 1.29 is 19.2 Å². The number of aryl methyl sites for hydroxylation is 1. The lowest BCUT2D eigenvalue weighted by molar-refractivity contribution is -0.566. The number of nitrogens with one attached hydrogen (secondary N) is 2. The highest BCUT2D eigenvalue weighted by atomic mass is 16.6. The zero-order chi connectivity index (χ0) is 28.2. The van der Waals surface area contributed by atoms with Crippen LogP contribution in [0.5, 0.6) is 11.5 Å². The molecule has 0 heterocycles. The summed E-state index contributed by atoms with van der Waals surface area (Å²) in [5, 5.41) is 18.2. The van der Waals surface area contributed by atoms with E-state index in [9.17, 15) is 14.9 Å². The molecule has 8 heteroatoms. The Labute approximate surface area is 228 Å². The molecule has 1 aliphatic carbocycles. The van der Waals surface area contributed by atoms with Crippen molar-refractivity contribution in [3.8, 4) is 11.5 Å². The zero-order valence-electron chi connectivity index (χ0n) is 22.8. The summed E-state index contributed by atoms with van der Waals surface area (Å²) in [6, 6.07) is 21.1. The highest BCUT2D eigenvalue weighted by Gasteiger charge is 2.53. The molecule has 0 saturated heterocycles. The van der Waals surface area contributed by atoms with Gasteiger partial charge in [-0.05, 0) is 59.9 Å². The van der Waals surface area contributed by atoms with E-state index in [2.05, 4.69) is 10.6 Å². The van der Waals surface area contributed by atoms with E-state index in [4.69, 9.17) is 9.47 Å². The van der Waals surface area contributed by atoms with Crippen LogP contribution in [-0.2, 0) is 5.41 Å². The molecule has 39 heavy (non-hydrogen) atoms. The smallest absolute Gasteiger partial charge is 0.359 e. The van der Waals surface area contributed by atoms with E-state index in [0.29, 0.717) is 22.8 Å². The second-order valence-corrected chi connectivity index (χ2v) is 10.5. The highest BCUT2D eigenvalue weighted by Crippen LogP contribution is 2.39. The molecule has 0 saturated carbocycles. The molecule has 1 aliphatic rings. The van der Waals surface area contributed by atoms with Crippen LogP contribution in [0.3, 0.4) is 0 Å². The van der Waals surface area contributed by atoms with Crippen LogP contribution in [0.2, 0.25) is 0 Å². The number of urea groups is 1. The number of carbonyl (C=O) groups is 1. The Hall–Kier alpha value is -4.59. The Bertz CT molecular complexity index is 1420. The van der Waals surface area contributed by atoms with Crippen molar-refractivity contribution >= 4 is 17.3 Å². The maximum absolute atomic E-state index is 13.2. The predicted molar refractivity (Wildman–Crippen MR) is 152 cm³/mol. The van der Waals surface area contributed by atoms with Gasteiger partial charge >= 0.3 is 11.7 Å². The summed E-state index contributed by atoms with van der Waals surface area (Å²) >= 11 is 0. The lowest BCUT2D eigenvalue weighted by Gasteiger charge is -2.32. The first-order valence-corrected chi connectivity index (χ1v) is 12.7. The molecule has 1 atom stereocenters. The number of nitro groups is 1. The topological polar surface area (TPSA) is 103 Å². The Morgan fingerprint density at radius 1 is 0.974 bits per heavy atom. The van der Waals surface area contributed by atoms with Gasteiger partial charge in [-0.25, -0.2) is 4.79 Å². The highest BCUT2D eigenvalue weighted by molar-refractivity contribution is 5.90. The summed E-state index contributed by atoms with van der Waals surface area (Å²) in [4.78, 5) is 25.5. The van der Waals surface area contributed by atoms with Crippen molar-refractivity contribution in [1.29, 1.82) is 0 Å². The zero-order valence-corrected chi connectivity index (χ0v) is 22.8. The molecule has 4 rings (SSSR count). The molecule has 2 amide bonds. The first kappa shape index (κ1) is 27.4. The fraction of sp³-hybridized carbons (Fsp3) is 0.258. The number of para-hydroxylation sites is 1. The molecule has 0 radical (unpaired) electrons. The Kier molecular flexibility index (Phi) is 7.76. The van der Waals surface area contributed by atoms with Gasteiger partial charge in [0.05, 0.1) is 18.5 Å². The van der Waals surface area contributed by atoms with Gasteiger partial charge in [0, 0.05) is 11.3 Å². The van der Waals surface area contributed by atoms with Crippen LogP contribution in [0.25, 0.3) is 5.57 Å². The number of benzene rings is 3. The van der Waals surface area contributed by atoms with Crippen LogP contribution >= 0.6 is 0 Å². The number of anilines is 1. The maximum Gasteiger partial charge on any atom is 0.359 e. The quantitative estimate of drug-likeness (QED) is 0.199. The summed E-state index contributed by atoms with van der Waals surface area (Å²) in [6.07, 6.45) is 3.23. The van der Waals surface area contributed by atoms with E-state index in [1.807, 2.05) is 70.2 Å². The summed E-state index contributed by atoms with van der Waals surface area (Å²) < 4.78 is 11.5. The Morgan fingerprint density at radius 2 is 1.64 bits per heavy atom. The minimum absolute atomic E-state index is 0.0144. The number of carbonyl (C=O) groups excluding carboxylic acids is 1. The van der Waals surface area contributed by atoms with E-state index >= 15 is 0 Å². The van der Waals surface area contributed by atoms with Crippen LogP contribution in [0, 0.1) is 17.0 Å². The molecule has 0 aliphatic heterocycles. The molecule has 202 valence electrons. The molecule has 0 bridgehead atoms. The van der Waals surface area contributed by atoms with Gasteiger partial charge in [0.25, 0.3) is 0 Å². The number of methoxy groups -OCH3 is 1. The van der Waals surface area contributed by atoms with Gasteiger partial charge < -0.3 is 14.8 Å². The molecule has 1 unspecified atom stereocenters. The van der Waals surface area contributed by atoms with Crippen LogP contribution in [0.1, 0.15) is 43.9 Å². The van der Waals surface area contributed by atoms with E-state index in [-0.39, 0.29) is 17.6 Å². The van der Waals surface area contributed by atoms with Crippen molar-refractivity contribution in [3.05, 3.63) is 118 Å². The maximum atomic E-state index is 13.2. The average Bonchev–Trinajstić information content (AvgIpc) is 2.90. The van der Waals surface area contributed by atoms with Crippen molar-refractivity contribution in [3.63, 3.8) is 0 Å². The normalized spacial score (nSPS) is 16.9. The van der Waals surface area contributed by atoms with Gasteiger partial charge in [-0.2, -0.15) is 0 Å². The fourth-order valence-corrected chi connectivity index (χ4v) is 4.44. The standard InChI is InChI=1S/C31H33N3O5/c1-21-10-15-24(16-11-21)32-29(35)33-31(34(36)37)20-23(22-12-17-25(38-5)18-13-22)14-19-28(31)39-27-9-7-6-8-26(27)30(2,3)4/h6-19H,20H2,1-5H3,(H2,32,33,35). The molecule has 3 aromatic carbocycles. The summed E-state index contributed by atoms with van der Waals surface area (Å²) in [6.45, 7) is 8.06. The van der Waals surface area contributed by atoms with E-state index < -0.39 is 16.6 Å². The molecule has 0 spiro atoms. The number of amides is 2. The van der Waals surface area contributed by atoms with Crippen LogP contribution in [-0.4, -0.2) is 23.7 Å². The number of nitrogens with zero attached hydrogens (tertiary/aromatic N) is 1. The van der Waals surface area contributed by atoms with Gasteiger partial charge in [0.2, 0.25) is 5.76 Å². The van der Waals surface area contributed by atoms with Crippen molar-refractivity contribution in [1.82, 2.24) is 5.32 Å². The second kappa shape index (κ2) is 11.0. The molecule has 3 aromatic rings. The van der Waals surface area contributed by atoms with E-state index in [1.54, 1.807) is 49.6 Å². The summed E-state index contributed by atoms with van der Waals surface area (Å²) in [5.74, 6) is 1.18. The minimum Gasteiger partial charge on any atom is -0.497 e. The number of rotatable bonds is 7. The molecule has 0 aromatic heterocycles. The summed E-state index contributed by atoms with van der Waals surface area (Å²) in [5.41, 5.74) is 1.53. The fourth-order valence-electron chi connectivity index (χ4n) is 4.44. The van der Waals surface area contributed by atoms with Crippen LogP contribution < -0.4 is 20.1 Å². The third-order valence-electron chi connectivity index (χ3n) is 6.61. The minimum atomic E-state index is -2.07.